The van der Waals surface area contributed by atoms with Gasteiger partial charge in [0.05, 0.1) is 24.2 Å². The fourth-order valence-corrected chi connectivity index (χ4v) is 10.2. The summed E-state index contributed by atoms with van der Waals surface area (Å²) >= 11 is 0. The number of benzene rings is 2. The quantitative estimate of drug-likeness (QED) is 0.212. The van der Waals surface area contributed by atoms with Crippen molar-refractivity contribution in [2.24, 2.45) is 10.8 Å². The topological polar surface area (TPSA) is 93.1 Å². The Bertz CT molecular complexity index is 2050. The molecular formula is C41H45F2N5O4. The summed E-state index contributed by atoms with van der Waals surface area (Å²) in [5.41, 5.74) is 0.565. The van der Waals surface area contributed by atoms with Gasteiger partial charge < -0.3 is 24.2 Å². The molecule has 1 spiro atoms. The number of ether oxygens (including phenoxy) is 3. The van der Waals surface area contributed by atoms with E-state index in [0.717, 1.165) is 58.3 Å². The Morgan fingerprint density at radius 1 is 0.962 bits per heavy atom. The number of likely N-dealkylation sites (tertiary alicyclic amines) is 1. The van der Waals surface area contributed by atoms with Gasteiger partial charge in [0.2, 0.25) is 0 Å². The number of piperidine rings is 1. The molecule has 2 aromatic heterocycles. The number of pyridine rings is 1. The number of hydrogen-bond donors (Lipinski definition) is 1. The molecule has 5 fully saturated rings. The van der Waals surface area contributed by atoms with Crippen LogP contribution in [0.25, 0.3) is 32.9 Å². The van der Waals surface area contributed by atoms with Gasteiger partial charge in [-0.3, -0.25) is 9.88 Å². The Kier molecular flexibility index (Phi) is 8.68. The van der Waals surface area contributed by atoms with Crippen molar-refractivity contribution in [3.63, 3.8) is 0 Å². The van der Waals surface area contributed by atoms with Crippen molar-refractivity contribution in [3.05, 3.63) is 47.7 Å². The maximum Gasteiger partial charge on any atom is 0.319 e. The third-order valence-electron chi connectivity index (χ3n) is 12.8. The highest BCUT2D eigenvalue weighted by Gasteiger charge is 2.54. The molecule has 4 aromatic rings. The van der Waals surface area contributed by atoms with Crippen molar-refractivity contribution in [1.29, 1.82) is 0 Å². The van der Waals surface area contributed by atoms with Crippen LogP contribution in [0.1, 0.15) is 69.8 Å². The SMILES string of the molecule is C#Cc1c(F)ccc2cc(O)cc(-c3ncc4c(N5CCCOCC5)nc(OC[C@]56CCC[C@H]5N(C5CC7(CCOCC7)C5)CCC6)nc4c3F)c12. The molecule has 3 aliphatic heterocycles. The minimum absolute atomic E-state index is 0.0102. The molecule has 0 amide bonds. The Morgan fingerprint density at radius 2 is 1.79 bits per heavy atom. The Labute approximate surface area is 302 Å². The normalized spacial score (nSPS) is 25.2. The predicted molar refractivity (Wildman–Crippen MR) is 194 cm³/mol. The third kappa shape index (κ3) is 5.74. The summed E-state index contributed by atoms with van der Waals surface area (Å²) < 4.78 is 50.0. The van der Waals surface area contributed by atoms with Crippen LogP contribution in [-0.4, -0.2) is 89.7 Å². The van der Waals surface area contributed by atoms with Gasteiger partial charge in [-0.1, -0.05) is 18.4 Å². The lowest BCUT2D eigenvalue weighted by Crippen LogP contribution is -2.61. The lowest BCUT2D eigenvalue weighted by molar-refractivity contribution is -0.112. The Hall–Kier alpha value is -4.11. The van der Waals surface area contributed by atoms with Gasteiger partial charge in [-0.2, -0.15) is 9.97 Å². The van der Waals surface area contributed by atoms with Crippen LogP contribution in [-0.2, 0) is 9.47 Å². The number of rotatable bonds is 6. The van der Waals surface area contributed by atoms with Crippen molar-refractivity contribution in [2.45, 2.75) is 76.3 Å². The van der Waals surface area contributed by atoms with Crippen LogP contribution in [0.5, 0.6) is 11.8 Å². The summed E-state index contributed by atoms with van der Waals surface area (Å²) in [7, 11) is 0. The lowest BCUT2D eigenvalue weighted by atomic mass is 9.60. The molecule has 9 nitrogen and oxygen atoms in total. The van der Waals surface area contributed by atoms with Crippen LogP contribution >= 0.6 is 0 Å². The second-order valence-corrected chi connectivity index (χ2v) is 15.7. The number of halogens is 2. The molecule has 9 rings (SSSR count). The number of terminal acetylenes is 1. The molecule has 5 heterocycles. The molecule has 52 heavy (non-hydrogen) atoms. The van der Waals surface area contributed by atoms with Crippen molar-refractivity contribution in [1.82, 2.24) is 19.9 Å². The van der Waals surface area contributed by atoms with E-state index in [2.05, 4.69) is 20.7 Å². The summed E-state index contributed by atoms with van der Waals surface area (Å²) in [4.78, 5) is 19.1. The van der Waals surface area contributed by atoms with E-state index in [9.17, 15) is 9.50 Å². The molecule has 0 bridgehead atoms. The number of nitrogens with zero attached hydrogens (tertiary/aromatic N) is 5. The van der Waals surface area contributed by atoms with E-state index in [1.54, 1.807) is 6.20 Å². The number of hydrogen-bond acceptors (Lipinski definition) is 9. The number of aromatic nitrogens is 3. The number of aromatic hydroxyl groups is 1. The Morgan fingerprint density at radius 3 is 2.63 bits per heavy atom. The van der Waals surface area contributed by atoms with Crippen molar-refractivity contribution in [3.8, 4) is 35.4 Å². The first-order valence-electron chi connectivity index (χ1n) is 18.9. The molecule has 3 saturated heterocycles. The fourth-order valence-electron chi connectivity index (χ4n) is 10.2. The van der Waals surface area contributed by atoms with E-state index < -0.39 is 11.6 Å². The molecule has 272 valence electrons. The first kappa shape index (κ1) is 33.7. The molecule has 1 N–H and O–H groups in total. The highest BCUT2D eigenvalue weighted by atomic mass is 19.1. The van der Waals surface area contributed by atoms with Gasteiger partial charge in [0.15, 0.2) is 5.82 Å². The first-order valence-corrected chi connectivity index (χ1v) is 18.9. The highest BCUT2D eigenvalue weighted by Crippen LogP contribution is 2.55. The van der Waals surface area contributed by atoms with Crippen molar-refractivity contribution in [2.75, 3.05) is 57.6 Å². The molecule has 2 aromatic carbocycles. The van der Waals surface area contributed by atoms with Gasteiger partial charge in [0.25, 0.3) is 0 Å². The lowest BCUT2D eigenvalue weighted by Gasteiger charge is -2.58. The smallest absolute Gasteiger partial charge is 0.319 e. The van der Waals surface area contributed by atoms with E-state index in [4.69, 9.17) is 30.6 Å². The van der Waals surface area contributed by atoms with E-state index in [-0.39, 0.29) is 39.5 Å². The minimum Gasteiger partial charge on any atom is -0.508 e. The molecule has 5 aliphatic rings. The second kappa shape index (κ2) is 13.4. The molecule has 0 unspecified atom stereocenters. The van der Waals surface area contributed by atoms with E-state index in [1.807, 2.05) is 0 Å². The highest BCUT2D eigenvalue weighted by molar-refractivity contribution is 6.03. The first-order chi connectivity index (χ1) is 25.4. The summed E-state index contributed by atoms with van der Waals surface area (Å²) in [6.45, 7) is 5.77. The van der Waals surface area contributed by atoms with E-state index in [1.165, 1.54) is 49.9 Å². The average molecular weight is 710 g/mol. The van der Waals surface area contributed by atoms with Crippen LogP contribution in [0.3, 0.4) is 0 Å². The van der Waals surface area contributed by atoms with Crippen LogP contribution in [0.15, 0.2) is 30.5 Å². The van der Waals surface area contributed by atoms with E-state index in [0.29, 0.717) is 72.4 Å². The monoisotopic (exact) mass is 709 g/mol. The summed E-state index contributed by atoms with van der Waals surface area (Å²) in [6.07, 6.45) is 18.6. The van der Waals surface area contributed by atoms with Gasteiger partial charge in [0, 0.05) is 67.6 Å². The van der Waals surface area contributed by atoms with Crippen molar-refractivity contribution < 1.29 is 28.1 Å². The predicted octanol–water partition coefficient (Wildman–Crippen LogP) is 7.01. The third-order valence-corrected chi connectivity index (χ3v) is 12.8. The molecule has 2 aliphatic carbocycles. The average Bonchev–Trinajstić information content (AvgIpc) is 3.40. The number of fused-ring (bicyclic) bond motifs is 3. The minimum atomic E-state index is -0.719. The largest absolute Gasteiger partial charge is 0.508 e. The zero-order chi connectivity index (χ0) is 35.5. The van der Waals surface area contributed by atoms with Gasteiger partial charge in [-0.05, 0) is 93.3 Å². The van der Waals surface area contributed by atoms with Crippen LogP contribution in [0, 0.1) is 34.8 Å². The van der Waals surface area contributed by atoms with E-state index >= 15 is 4.39 Å². The zero-order valence-corrected chi connectivity index (χ0v) is 29.5. The molecule has 11 heteroatoms. The fraction of sp³-hybridized carbons (Fsp3) is 0.537. The van der Waals surface area contributed by atoms with Gasteiger partial charge >= 0.3 is 6.01 Å². The molecular weight excluding hydrogens is 664 g/mol. The molecule has 0 radical (unpaired) electrons. The summed E-state index contributed by atoms with van der Waals surface area (Å²) in [6, 6.07) is 6.79. The second-order valence-electron chi connectivity index (χ2n) is 15.7. The van der Waals surface area contributed by atoms with Gasteiger partial charge in [0.1, 0.15) is 28.6 Å². The standard InChI is InChI=1S/C41H45F2N5O4/c1-2-29-32(42)8-7-26-20-28(49)21-30(34(26)29)36-35(43)37-31(24-44-36)38(47-13-5-16-50-19-15-47)46-39(45-37)52-25-41-9-3-6-33(41)48(14-4-10-41)27-22-40(23-27)11-17-51-18-12-40/h1,7-8,20-21,24,27,33,49H,3-6,9-19,22-23,25H2/t33-,41-/m1/s1. The molecule has 2 atom stereocenters. The van der Waals surface area contributed by atoms with Gasteiger partial charge in [-0.25, -0.2) is 8.78 Å². The van der Waals surface area contributed by atoms with Gasteiger partial charge in [-0.15, -0.1) is 6.42 Å². The number of phenols is 1. The van der Waals surface area contributed by atoms with Crippen LogP contribution < -0.4 is 9.64 Å². The van der Waals surface area contributed by atoms with Crippen LogP contribution in [0.2, 0.25) is 0 Å². The van der Waals surface area contributed by atoms with Crippen molar-refractivity contribution >= 4 is 27.5 Å². The molecule has 2 saturated carbocycles. The summed E-state index contributed by atoms with van der Waals surface area (Å²) in [5, 5.41) is 11.8. The maximum absolute atomic E-state index is 17.0. The summed E-state index contributed by atoms with van der Waals surface area (Å²) in [5.74, 6) is 1.50. The zero-order valence-electron chi connectivity index (χ0n) is 29.5. The Balaban J connectivity index is 1.08. The van der Waals surface area contributed by atoms with Crippen LogP contribution in [0.4, 0.5) is 14.6 Å². The number of phenolic OH excluding ortho intramolecular Hbond substituents is 1. The number of anilines is 1. The maximum atomic E-state index is 17.0.